The van der Waals surface area contributed by atoms with Crippen LogP contribution < -0.4 is 5.73 Å². The van der Waals surface area contributed by atoms with E-state index in [1.165, 1.54) is 28.9 Å². The lowest BCUT2D eigenvalue weighted by Gasteiger charge is -2.23. The van der Waals surface area contributed by atoms with Gasteiger partial charge in [-0.1, -0.05) is 12.1 Å². The Bertz CT molecular complexity index is 841. The second-order valence-electron chi connectivity index (χ2n) is 5.57. The van der Waals surface area contributed by atoms with Crippen LogP contribution >= 0.6 is 0 Å². The standard InChI is InChI=1S/C15H17FN4O2S/c1-23(21,22)20-7-3-6-13(20)14-12(9-18-15(17)19-14)10-4-2-5-11(16)8-10/h2,4-5,8-9,13H,3,6-7H2,1H3,(H2,17,18,19)/t13-/m0/s1. The smallest absolute Gasteiger partial charge is 0.220 e. The fourth-order valence-corrected chi connectivity index (χ4v) is 4.08. The zero-order valence-corrected chi connectivity index (χ0v) is 13.4. The summed E-state index contributed by atoms with van der Waals surface area (Å²) >= 11 is 0. The molecule has 122 valence electrons. The van der Waals surface area contributed by atoms with Gasteiger partial charge in [-0.25, -0.2) is 22.8 Å². The zero-order chi connectivity index (χ0) is 16.6. The molecule has 2 aromatic rings. The highest BCUT2D eigenvalue weighted by Crippen LogP contribution is 2.38. The maximum atomic E-state index is 13.5. The number of halogens is 1. The molecule has 0 radical (unpaired) electrons. The maximum Gasteiger partial charge on any atom is 0.220 e. The molecule has 1 fully saturated rings. The molecule has 8 heteroatoms. The van der Waals surface area contributed by atoms with Crippen molar-refractivity contribution in [2.24, 2.45) is 0 Å². The van der Waals surface area contributed by atoms with Gasteiger partial charge in [0.2, 0.25) is 16.0 Å². The SMILES string of the molecule is CS(=O)(=O)N1CCC[C@H]1c1nc(N)ncc1-c1cccc(F)c1. The quantitative estimate of drug-likeness (QED) is 0.925. The summed E-state index contributed by atoms with van der Waals surface area (Å²) in [5.41, 5.74) is 7.41. The molecule has 1 aromatic heterocycles. The van der Waals surface area contributed by atoms with Gasteiger partial charge in [-0.2, -0.15) is 4.31 Å². The molecule has 0 unspecified atom stereocenters. The number of hydrogen-bond acceptors (Lipinski definition) is 5. The third-order valence-corrected chi connectivity index (χ3v) is 5.21. The van der Waals surface area contributed by atoms with Gasteiger partial charge in [0.25, 0.3) is 0 Å². The van der Waals surface area contributed by atoms with Gasteiger partial charge in [0.05, 0.1) is 18.0 Å². The van der Waals surface area contributed by atoms with E-state index >= 15 is 0 Å². The summed E-state index contributed by atoms with van der Waals surface area (Å²) in [5, 5.41) is 0. The van der Waals surface area contributed by atoms with E-state index in [9.17, 15) is 12.8 Å². The predicted octanol–water partition coefficient (Wildman–Crippen LogP) is 1.96. The molecule has 23 heavy (non-hydrogen) atoms. The Morgan fingerprint density at radius 1 is 1.39 bits per heavy atom. The molecule has 0 spiro atoms. The lowest BCUT2D eigenvalue weighted by Crippen LogP contribution is -2.30. The molecule has 3 rings (SSSR count). The number of rotatable bonds is 3. The highest BCUT2D eigenvalue weighted by Gasteiger charge is 2.35. The second-order valence-corrected chi connectivity index (χ2v) is 7.50. The Morgan fingerprint density at radius 2 is 2.17 bits per heavy atom. The minimum atomic E-state index is -3.36. The Labute approximate surface area is 134 Å². The van der Waals surface area contributed by atoms with Crippen molar-refractivity contribution < 1.29 is 12.8 Å². The molecule has 6 nitrogen and oxygen atoms in total. The van der Waals surface area contributed by atoms with Crippen molar-refractivity contribution in [1.29, 1.82) is 0 Å². The van der Waals surface area contributed by atoms with Crippen LogP contribution in [0.2, 0.25) is 0 Å². The summed E-state index contributed by atoms with van der Waals surface area (Å²) in [7, 11) is -3.36. The van der Waals surface area contributed by atoms with Crippen LogP contribution in [0.3, 0.4) is 0 Å². The number of sulfonamides is 1. The van der Waals surface area contributed by atoms with E-state index < -0.39 is 16.1 Å². The van der Waals surface area contributed by atoms with Gasteiger partial charge in [-0.05, 0) is 30.5 Å². The molecule has 0 amide bonds. The average Bonchev–Trinajstić information content (AvgIpc) is 2.96. The van der Waals surface area contributed by atoms with Crippen molar-refractivity contribution in [1.82, 2.24) is 14.3 Å². The van der Waals surface area contributed by atoms with Crippen molar-refractivity contribution in [3.8, 4) is 11.1 Å². The summed E-state index contributed by atoms with van der Waals surface area (Å²) in [5.74, 6) is -0.308. The molecule has 2 N–H and O–H groups in total. The van der Waals surface area contributed by atoms with E-state index in [1.807, 2.05) is 0 Å². The third-order valence-electron chi connectivity index (χ3n) is 3.92. The van der Waals surface area contributed by atoms with E-state index in [-0.39, 0.29) is 11.8 Å². The van der Waals surface area contributed by atoms with Crippen LogP contribution in [0.25, 0.3) is 11.1 Å². The monoisotopic (exact) mass is 336 g/mol. The highest BCUT2D eigenvalue weighted by atomic mass is 32.2. The van der Waals surface area contributed by atoms with Gasteiger partial charge in [-0.3, -0.25) is 0 Å². The first-order valence-corrected chi connectivity index (χ1v) is 9.06. The number of benzene rings is 1. The Balaban J connectivity index is 2.14. The minimum absolute atomic E-state index is 0.0699. The Morgan fingerprint density at radius 3 is 2.87 bits per heavy atom. The van der Waals surface area contributed by atoms with Crippen molar-refractivity contribution in [2.45, 2.75) is 18.9 Å². The molecule has 1 aromatic carbocycles. The topological polar surface area (TPSA) is 89.2 Å². The molecule has 0 bridgehead atoms. The van der Waals surface area contributed by atoms with Crippen molar-refractivity contribution in [3.05, 3.63) is 42.0 Å². The van der Waals surface area contributed by atoms with Crippen LogP contribution in [0.4, 0.5) is 10.3 Å². The van der Waals surface area contributed by atoms with Crippen molar-refractivity contribution in [3.63, 3.8) is 0 Å². The van der Waals surface area contributed by atoms with E-state index in [0.717, 1.165) is 6.42 Å². The van der Waals surface area contributed by atoms with Gasteiger partial charge in [0, 0.05) is 18.3 Å². The second kappa shape index (κ2) is 5.86. The average molecular weight is 336 g/mol. The molecule has 1 aliphatic rings. The number of nitrogen functional groups attached to an aromatic ring is 1. The van der Waals surface area contributed by atoms with Crippen LogP contribution in [-0.2, 0) is 10.0 Å². The summed E-state index contributed by atoms with van der Waals surface area (Å²) in [6.45, 7) is 0.440. The summed E-state index contributed by atoms with van der Waals surface area (Å²) in [4.78, 5) is 8.24. The zero-order valence-electron chi connectivity index (χ0n) is 12.6. The first kappa shape index (κ1) is 15.8. The fourth-order valence-electron chi connectivity index (χ4n) is 2.95. The molecular weight excluding hydrogens is 319 g/mol. The lowest BCUT2D eigenvalue weighted by molar-refractivity contribution is 0.394. The molecule has 1 atom stereocenters. The summed E-state index contributed by atoms with van der Waals surface area (Å²) in [6.07, 6.45) is 4.08. The van der Waals surface area contributed by atoms with Gasteiger partial charge in [0.15, 0.2) is 0 Å². The molecule has 1 aliphatic heterocycles. The number of aromatic nitrogens is 2. The van der Waals surface area contributed by atoms with Crippen LogP contribution in [-0.4, -0.2) is 35.5 Å². The number of nitrogens with zero attached hydrogens (tertiary/aromatic N) is 3. The molecular formula is C15H17FN4O2S. The Kier molecular flexibility index (Phi) is 4.03. The molecule has 1 saturated heterocycles. The predicted molar refractivity (Wildman–Crippen MR) is 85.4 cm³/mol. The number of anilines is 1. The largest absolute Gasteiger partial charge is 0.368 e. The third kappa shape index (κ3) is 3.18. The van der Waals surface area contributed by atoms with Gasteiger partial charge in [-0.15, -0.1) is 0 Å². The van der Waals surface area contributed by atoms with Crippen LogP contribution in [0, 0.1) is 5.82 Å². The molecule has 2 heterocycles. The lowest BCUT2D eigenvalue weighted by atomic mass is 10.0. The minimum Gasteiger partial charge on any atom is -0.368 e. The molecule has 0 saturated carbocycles. The van der Waals surface area contributed by atoms with Crippen LogP contribution in [0.5, 0.6) is 0 Å². The summed E-state index contributed by atoms with van der Waals surface area (Å²) in [6, 6.07) is 5.64. The highest BCUT2D eigenvalue weighted by molar-refractivity contribution is 7.88. The van der Waals surface area contributed by atoms with Crippen LogP contribution in [0.15, 0.2) is 30.5 Å². The van der Waals surface area contributed by atoms with Gasteiger partial charge >= 0.3 is 0 Å². The van der Waals surface area contributed by atoms with Crippen LogP contribution in [0.1, 0.15) is 24.6 Å². The summed E-state index contributed by atoms with van der Waals surface area (Å²) < 4.78 is 38.9. The number of hydrogen-bond donors (Lipinski definition) is 1. The van der Waals surface area contributed by atoms with E-state index in [4.69, 9.17) is 5.73 Å². The molecule has 0 aliphatic carbocycles. The fraction of sp³-hybridized carbons (Fsp3) is 0.333. The van der Waals surface area contributed by atoms with E-state index in [0.29, 0.717) is 29.8 Å². The van der Waals surface area contributed by atoms with Gasteiger partial charge in [0.1, 0.15) is 5.82 Å². The van der Waals surface area contributed by atoms with Gasteiger partial charge < -0.3 is 5.73 Å². The normalized spacial score (nSPS) is 19.1. The van der Waals surface area contributed by atoms with Crippen molar-refractivity contribution >= 4 is 16.0 Å². The van der Waals surface area contributed by atoms with E-state index in [2.05, 4.69) is 9.97 Å². The Hall–Kier alpha value is -2.06. The number of nitrogens with two attached hydrogens (primary N) is 1. The van der Waals surface area contributed by atoms with Crippen molar-refractivity contribution in [2.75, 3.05) is 18.5 Å². The van der Waals surface area contributed by atoms with E-state index in [1.54, 1.807) is 12.1 Å². The maximum absolute atomic E-state index is 13.5. The first-order valence-electron chi connectivity index (χ1n) is 7.21. The first-order chi connectivity index (χ1) is 10.9.